The molecule has 4 rings (SSSR count). The zero-order valence-corrected chi connectivity index (χ0v) is 19.1. The van der Waals surface area contributed by atoms with Gasteiger partial charge in [0.2, 0.25) is 5.91 Å². The quantitative estimate of drug-likeness (QED) is 0.545. The van der Waals surface area contributed by atoms with Gasteiger partial charge in [0.15, 0.2) is 0 Å². The molecule has 1 heterocycles. The molecular weight excluding hydrogens is 414 g/mol. The third kappa shape index (κ3) is 4.46. The van der Waals surface area contributed by atoms with E-state index in [2.05, 4.69) is 6.58 Å². The van der Waals surface area contributed by atoms with Gasteiger partial charge in [-0.25, -0.2) is 0 Å². The number of anilines is 2. The Morgan fingerprint density at radius 1 is 0.909 bits per heavy atom. The van der Waals surface area contributed by atoms with Crippen molar-refractivity contribution in [3.63, 3.8) is 0 Å². The molecule has 0 saturated heterocycles. The molecule has 0 saturated carbocycles. The molecule has 0 radical (unpaired) electrons. The van der Waals surface area contributed by atoms with Crippen molar-refractivity contribution in [1.82, 2.24) is 4.90 Å². The van der Waals surface area contributed by atoms with Crippen molar-refractivity contribution in [2.45, 2.75) is 6.54 Å². The van der Waals surface area contributed by atoms with Crippen LogP contribution in [0.25, 0.3) is 5.70 Å². The van der Waals surface area contributed by atoms with Crippen molar-refractivity contribution in [3.05, 3.63) is 96.1 Å². The van der Waals surface area contributed by atoms with Gasteiger partial charge in [-0.3, -0.25) is 14.5 Å². The molecule has 0 aliphatic carbocycles. The summed E-state index contributed by atoms with van der Waals surface area (Å²) in [5.41, 5.74) is 4.69. The van der Waals surface area contributed by atoms with Crippen LogP contribution in [0.4, 0.5) is 11.4 Å². The van der Waals surface area contributed by atoms with E-state index >= 15 is 0 Å². The minimum atomic E-state index is -0.200. The third-order valence-corrected chi connectivity index (χ3v) is 5.81. The molecule has 0 atom stereocenters. The van der Waals surface area contributed by atoms with Gasteiger partial charge < -0.3 is 14.5 Å². The van der Waals surface area contributed by atoms with Crippen LogP contribution in [-0.4, -0.2) is 44.5 Å². The fourth-order valence-electron chi connectivity index (χ4n) is 3.89. The molecule has 0 unspecified atom stereocenters. The predicted octanol–water partition coefficient (Wildman–Crippen LogP) is 4.42. The number of ether oxygens (including phenoxy) is 1. The maximum atomic E-state index is 13.5. The monoisotopic (exact) mass is 441 g/mol. The smallest absolute Gasteiger partial charge is 0.259 e. The van der Waals surface area contributed by atoms with Gasteiger partial charge in [-0.1, -0.05) is 36.9 Å². The highest BCUT2D eigenvalue weighted by Crippen LogP contribution is 2.31. The van der Waals surface area contributed by atoms with E-state index in [9.17, 15) is 9.59 Å². The zero-order chi connectivity index (χ0) is 23.5. The van der Waals surface area contributed by atoms with Crippen molar-refractivity contribution in [3.8, 4) is 5.75 Å². The molecule has 0 bridgehead atoms. The molecule has 6 nitrogen and oxygen atoms in total. The van der Waals surface area contributed by atoms with Gasteiger partial charge in [0, 0.05) is 42.3 Å². The van der Waals surface area contributed by atoms with Crippen LogP contribution in [-0.2, 0) is 11.3 Å². The second kappa shape index (κ2) is 9.20. The summed E-state index contributed by atoms with van der Waals surface area (Å²) in [4.78, 5) is 31.6. The predicted molar refractivity (Wildman–Crippen MR) is 131 cm³/mol. The molecule has 0 aromatic heterocycles. The molecule has 3 aromatic rings. The molecule has 0 fully saturated rings. The Bertz CT molecular complexity index is 1150. The van der Waals surface area contributed by atoms with Gasteiger partial charge in [-0.05, 0) is 48.0 Å². The first kappa shape index (κ1) is 22.1. The summed E-state index contributed by atoms with van der Waals surface area (Å²) in [5.74, 6) is 0.313. The Balaban J connectivity index is 1.60. The number of fused-ring (bicyclic) bond motifs is 1. The molecule has 2 amide bonds. The highest BCUT2D eigenvalue weighted by molar-refractivity contribution is 6.11. The van der Waals surface area contributed by atoms with E-state index in [1.807, 2.05) is 85.7 Å². The molecule has 33 heavy (non-hydrogen) atoms. The minimum Gasteiger partial charge on any atom is -0.497 e. The summed E-state index contributed by atoms with van der Waals surface area (Å²) in [6, 6.07) is 22.7. The lowest BCUT2D eigenvalue weighted by atomic mass is 10.1. The van der Waals surface area contributed by atoms with E-state index in [0.29, 0.717) is 23.6 Å². The van der Waals surface area contributed by atoms with Gasteiger partial charge in [-0.2, -0.15) is 0 Å². The van der Waals surface area contributed by atoms with Crippen LogP contribution in [0, 0.1) is 0 Å². The van der Waals surface area contributed by atoms with E-state index < -0.39 is 0 Å². The fourth-order valence-corrected chi connectivity index (χ4v) is 3.89. The first-order chi connectivity index (χ1) is 15.9. The topological polar surface area (TPSA) is 53.1 Å². The number of carbonyl (C=O) groups is 2. The van der Waals surface area contributed by atoms with Crippen molar-refractivity contribution in [1.29, 1.82) is 0 Å². The van der Waals surface area contributed by atoms with Crippen LogP contribution in [0.15, 0.2) is 79.4 Å². The third-order valence-electron chi connectivity index (χ3n) is 5.81. The number of rotatable bonds is 7. The second-order valence-electron chi connectivity index (χ2n) is 8.12. The summed E-state index contributed by atoms with van der Waals surface area (Å²) in [7, 11) is 5.58. The SMILES string of the molecule is C=C1c2ccccc2C(=O)N1CC(=O)N(Cc1ccc(N(C)C)cc1)c1ccc(OC)cc1. The van der Waals surface area contributed by atoms with E-state index in [-0.39, 0.29) is 18.4 Å². The maximum Gasteiger partial charge on any atom is 0.259 e. The number of amides is 2. The average molecular weight is 442 g/mol. The molecule has 0 N–H and O–H groups in total. The van der Waals surface area contributed by atoms with Gasteiger partial charge in [0.25, 0.3) is 5.91 Å². The maximum absolute atomic E-state index is 13.5. The van der Waals surface area contributed by atoms with E-state index in [1.54, 1.807) is 18.1 Å². The number of hydrogen-bond acceptors (Lipinski definition) is 4. The van der Waals surface area contributed by atoms with Crippen LogP contribution in [0.1, 0.15) is 21.5 Å². The van der Waals surface area contributed by atoms with Crippen molar-refractivity contribution in [2.24, 2.45) is 0 Å². The Morgan fingerprint density at radius 2 is 1.52 bits per heavy atom. The Morgan fingerprint density at radius 3 is 2.09 bits per heavy atom. The highest BCUT2D eigenvalue weighted by atomic mass is 16.5. The highest BCUT2D eigenvalue weighted by Gasteiger charge is 2.33. The van der Waals surface area contributed by atoms with E-state index in [1.165, 1.54) is 4.90 Å². The van der Waals surface area contributed by atoms with E-state index in [0.717, 1.165) is 22.5 Å². The van der Waals surface area contributed by atoms with Gasteiger partial charge in [0.1, 0.15) is 12.3 Å². The Kier molecular flexibility index (Phi) is 6.18. The first-order valence-corrected chi connectivity index (χ1v) is 10.7. The molecule has 1 aliphatic heterocycles. The average Bonchev–Trinajstić information content (AvgIpc) is 3.08. The van der Waals surface area contributed by atoms with Crippen LogP contribution in [0.5, 0.6) is 5.75 Å². The number of nitrogens with zero attached hydrogens (tertiary/aromatic N) is 3. The normalized spacial score (nSPS) is 12.5. The van der Waals surface area contributed by atoms with E-state index in [4.69, 9.17) is 4.74 Å². The first-order valence-electron chi connectivity index (χ1n) is 10.7. The van der Waals surface area contributed by atoms with Crippen molar-refractivity contribution in [2.75, 3.05) is 37.5 Å². The molecule has 3 aromatic carbocycles. The second-order valence-corrected chi connectivity index (χ2v) is 8.12. The lowest BCUT2D eigenvalue weighted by Crippen LogP contribution is -2.40. The Labute approximate surface area is 194 Å². The number of carbonyl (C=O) groups excluding carboxylic acids is 2. The molecule has 0 spiro atoms. The summed E-state index contributed by atoms with van der Waals surface area (Å²) in [6.07, 6.45) is 0. The number of benzene rings is 3. The summed E-state index contributed by atoms with van der Waals surface area (Å²) < 4.78 is 5.26. The van der Waals surface area contributed by atoms with Gasteiger partial charge in [-0.15, -0.1) is 0 Å². The molecule has 168 valence electrons. The minimum absolute atomic E-state index is 0.0891. The Hall–Kier alpha value is -4.06. The molecular formula is C27H27N3O3. The lowest BCUT2D eigenvalue weighted by Gasteiger charge is -2.26. The fraction of sp³-hybridized carbons (Fsp3) is 0.185. The summed E-state index contributed by atoms with van der Waals surface area (Å²) in [6.45, 7) is 4.34. The molecule has 1 aliphatic rings. The van der Waals surface area contributed by atoms with Crippen LogP contribution >= 0.6 is 0 Å². The van der Waals surface area contributed by atoms with Crippen LogP contribution in [0.2, 0.25) is 0 Å². The molecule has 6 heteroatoms. The lowest BCUT2D eigenvalue weighted by molar-refractivity contribution is -0.118. The van der Waals surface area contributed by atoms with Gasteiger partial charge >= 0.3 is 0 Å². The van der Waals surface area contributed by atoms with Crippen molar-refractivity contribution < 1.29 is 14.3 Å². The van der Waals surface area contributed by atoms with Crippen LogP contribution in [0.3, 0.4) is 0 Å². The zero-order valence-electron chi connectivity index (χ0n) is 19.1. The summed E-state index contributed by atoms with van der Waals surface area (Å²) >= 11 is 0. The summed E-state index contributed by atoms with van der Waals surface area (Å²) in [5, 5.41) is 0. The largest absolute Gasteiger partial charge is 0.497 e. The standard InChI is InChI=1S/C27H27N3O3/c1-19-24-7-5-6-8-25(24)27(32)29(19)18-26(31)30(22-13-15-23(33-4)16-14-22)17-20-9-11-21(12-10-20)28(2)3/h5-16H,1,17-18H2,2-4H3. The van der Waals surface area contributed by atoms with Crippen LogP contribution < -0.4 is 14.5 Å². The number of hydrogen-bond donors (Lipinski definition) is 0. The van der Waals surface area contributed by atoms with Gasteiger partial charge in [0.05, 0.1) is 13.7 Å². The van der Waals surface area contributed by atoms with Crippen molar-refractivity contribution >= 4 is 28.9 Å². The number of methoxy groups -OCH3 is 1.